The second kappa shape index (κ2) is 10.5. The van der Waals surface area contributed by atoms with Gasteiger partial charge in [-0.2, -0.15) is 0 Å². The standard InChI is InChI=1S/C21H34N4O2/c1-3-26-18-11-13-25(14-12-18)21(22-2)24-16-17-9-10-20(23-15-17)27-19-7-5-4-6-8-19/h9-10,15,18-19H,3-8,11-14,16H2,1-2H3,(H,22,24). The van der Waals surface area contributed by atoms with Crippen LogP contribution in [0.5, 0.6) is 5.88 Å². The van der Waals surface area contributed by atoms with E-state index in [1.54, 1.807) is 0 Å². The summed E-state index contributed by atoms with van der Waals surface area (Å²) in [5.41, 5.74) is 1.14. The molecule has 0 unspecified atom stereocenters. The average molecular weight is 375 g/mol. The molecule has 150 valence electrons. The van der Waals surface area contributed by atoms with Gasteiger partial charge in [0.15, 0.2) is 5.96 Å². The van der Waals surface area contributed by atoms with E-state index >= 15 is 0 Å². The van der Waals surface area contributed by atoms with E-state index in [1.807, 2.05) is 19.3 Å². The summed E-state index contributed by atoms with van der Waals surface area (Å²) in [5.74, 6) is 1.69. The highest BCUT2D eigenvalue weighted by Crippen LogP contribution is 2.22. The Hall–Kier alpha value is -1.82. The summed E-state index contributed by atoms with van der Waals surface area (Å²) in [6.45, 7) is 5.54. The van der Waals surface area contributed by atoms with Crippen LogP contribution in [0.2, 0.25) is 0 Å². The topological polar surface area (TPSA) is 59.0 Å². The lowest BCUT2D eigenvalue weighted by Gasteiger charge is -2.34. The molecule has 2 aliphatic rings. The molecule has 1 saturated heterocycles. The van der Waals surface area contributed by atoms with Crippen LogP contribution in [0.3, 0.4) is 0 Å². The molecule has 1 aromatic rings. The molecule has 0 spiro atoms. The lowest BCUT2D eigenvalue weighted by Crippen LogP contribution is -2.46. The van der Waals surface area contributed by atoms with Crippen LogP contribution in [0, 0.1) is 0 Å². The maximum absolute atomic E-state index is 6.01. The summed E-state index contributed by atoms with van der Waals surface area (Å²) in [6, 6.07) is 4.08. The molecule has 0 radical (unpaired) electrons. The maximum atomic E-state index is 6.01. The summed E-state index contributed by atoms with van der Waals surface area (Å²) < 4.78 is 11.7. The molecule has 0 bridgehead atoms. The van der Waals surface area contributed by atoms with Crippen molar-refractivity contribution in [3.8, 4) is 5.88 Å². The van der Waals surface area contributed by atoms with Crippen molar-refractivity contribution in [3.05, 3.63) is 23.9 Å². The fourth-order valence-electron chi connectivity index (χ4n) is 3.92. The predicted molar refractivity (Wildman–Crippen MR) is 108 cm³/mol. The van der Waals surface area contributed by atoms with Gasteiger partial charge in [0.2, 0.25) is 5.88 Å². The van der Waals surface area contributed by atoms with Crippen molar-refractivity contribution in [3.63, 3.8) is 0 Å². The molecule has 0 aromatic carbocycles. The first-order valence-electron chi connectivity index (χ1n) is 10.5. The molecule has 27 heavy (non-hydrogen) atoms. The normalized spacial score (nSPS) is 19.9. The molecule has 2 fully saturated rings. The molecule has 0 amide bonds. The van der Waals surface area contributed by atoms with E-state index in [-0.39, 0.29) is 0 Å². The lowest BCUT2D eigenvalue weighted by molar-refractivity contribution is 0.0263. The quantitative estimate of drug-likeness (QED) is 0.611. The Balaban J connectivity index is 1.44. The smallest absolute Gasteiger partial charge is 0.213 e. The second-order valence-corrected chi connectivity index (χ2v) is 7.43. The van der Waals surface area contributed by atoms with Crippen LogP contribution in [0.25, 0.3) is 0 Å². The molecular weight excluding hydrogens is 340 g/mol. The number of ether oxygens (including phenoxy) is 2. The number of likely N-dealkylation sites (tertiary alicyclic amines) is 1. The molecule has 3 rings (SSSR count). The fourth-order valence-corrected chi connectivity index (χ4v) is 3.92. The molecule has 1 saturated carbocycles. The third-order valence-corrected chi connectivity index (χ3v) is 5.44. The second-order valence-electron chi connectivity index (χ2n) is 7.43. The predicted octanol–water partition coefficient (Wildman–Crippen LogP) is 3.37. The molecule has 6 nitrogen and oxygen atoms in total. The van der Waals surface area contributed by atoms with E-state index in [0.29, 0.717) is 12.2 Å². The molecule has 2 heterocycles. The number of nitrogens with one attached hydrogen (secondary N) is 1. The Morgan fingerprint density at radius 2 is 1.93 bits per heavy atom. The van der Waals surface area contributed by atoms with Crippen molar-refractivity contribution in [2.45, 2.75) is 70.6 Å². The Morgan fingerprint density at radius 3 is 2.56 bits per heavy atom. The minimum atomic E-state index is 0.341. The van der Waals surface area contributed by atoms with E-state index in [0.717, 1.165) is 69.3 Å². The number of guanidine groups is 1. The maximum Gasteiger partial charge on any atom is 0.213 e. The summed E-state index contributed by atoms with van der Waals surface area (Å²) in [4.78, 5) is 11.2. The van der Waals surface area contributed by atoms with Crippen molar-refractivity contribution >= 4 is 5.96 Å². The van der Waals surface area contributed by atoms with Gasteiger partial charge in [-0.15, -0.1) is 0 Å². The first kappa shape index (κ1) is 19.9. The van der Waals surface area contributed by atoms with E-state index in [9.17, 15) is 0 Å². The molecule has 0 atom stereocenters. The van der Waals surface area contributed by atoms with Crippen LogP contribution in [0.4, 0.5) is 0 Å². The third-order valence-electron chi connectivity index (χ3n) is 5.44. The van der Waals surface area contributed by atoms with Gasteiger partial charge in [0.05, 0.1) is 6.10 Å². The van der Waals surface area contributed by atoms with Crippen molar-refractivity contribution in [2.24, 2.45) is 4.99 Å². The summed E-state index contributed by atoms with van der Waals surface area (Å²) in [7, 11) is 1.84. The zero-order valence-electron chi connectivity index (χ0n) is 16.8. The minimum absolute atomic E-state index is 0.341. The van der Waals surface area contributed by atoms with Crippen LogP contribution in [-0.4, -0.2) is 54.8 Å². The molecule has 1 N–H and O–H groups in total. The number of rotatable bonds is 6. The summed E-state index contributed by atoms with van der Waals surface area (Å²) in [6.07, 6.45) is 10.9. The van der Waals surface area contributed by atoms with Gasteiger partial charge >= 0.3 is 0 Å². The van der Waals surface area contributed by atoms with Gasteiger partial charge in [0, 0.05) is 45.6 Å². The molecule has 6 heteroatoms. The number of hydrogen-bond acceptors (Lipinski definition) is 4. The van der Waals surface area contributed by atoms with Gasteiger partial charge in [-0.1, -0.05) is 12.5 Å². The SMILES string of the molecule is CCOC1CCN(C(=NC)NCc2ccc(OC3CCCCC3)nc2)CC1. The monoisotopic (exact) mass is 374 g/mol. The van der Waals surface area contributed by atoms with Crippen LogP contribution < -0.4 is 10.1 Å². The number of aromatic nitrogens is 1. The number of aliphatic imine (C=N–C) groups is 1. The Labute approximate surface area is 163 Å². The van der Waals surface area contributed by atoms with Crippen molar-refractivity contribution in [1.29, 1.82) is 0 Å². The first-order valence-corrected chi connectivity index (χ1v) is 10.5. The Bertz CT molecular complexity index is 576. The van der Waals surface area contributed by atoms with Crippen LogP contribution in [0.1, 0.15) is 57.4 Å². The Morgan fingerprint density at radius 1 is 1.15 bits per heavy atom. The third kappa shape index (κ3) is 6.09. The number of hydrogen-bond donors (Lipinski definition) is 1. The first-order chi connectivity index (χ1) is 13.3. The zero-order chi connectivity index (χ0) is 18.9. The average Bonchev–Trinajstić information content (AvgIpc) is 2.72. The van der Waals surface area contributed by atoms with E-state index < -0.39 is 0 Å². The van der Waals surface area contributed by atoms with Crippen molar-refractivity contribution < 1.29 is 9.47 Å². The highest BCUT2D eigenvalue weighted by atomic mass is 16.5. The summed E-state index contributed by atoms with van der Waals surface area (Å²) >= 11 is 0. The summed E-state index contributed by atoms with van der Waals surface area (Å²) in [5, 5.41) is 3.46. The Kier molecular flexibility index (Phi) is 7.75. The minimum Gasteiger partial charge on any atom is -0.474 e. The van der Waals surface area contributed by atoms with E-state index in [1.165, 1.54) is 19.3 Å². The van der Waals surface area contributed by atoms with Crippen molar-refractivity contribution in [1.82, 2.24) is 15.2 Å². The molecular formula is C21H34N4O2. The highest BCUT2D eigenvalue weighted by molar-refractivity contribution is 5.79. The fraction of sp³-hybridized carbons (Fsp3) is 0.714. The molecule has 1 aliphatic heterocycles. The van der Waals surface area contributed by atoms with Gasteiger partial charge in [-0.25, -0.2) is 4.98 Å². The van der Waals surface area contributed by atoms with Crippen LogP contribution in [0.15, 0.2) is 23.3 Å². The van der Waals surface area contributed by atoms with Crippen LogP contribution in [-0.2, 0) is 11.3 Å². The van der Waals surface area contributed by atoms with E-state index in [2.05, 4.69) is 33.2 Å². The van der Waals surface area contributed by atoms with Gasteiger partial charge in [-0.3, -0.25) is 4.99 Å². The zero-order valence-corrected chi connectivity index (χ0v) is 16.8. The number of pyridine rings is 1. The number of nitrogens with zero attached hydrogens (tertiary/aromatic N) is 3. The molecule has 1 aliphatic carbocycles. The highest BCUT2D eigenvalue weighted by Gasteiger charge is 2.21. The lowest BCUT2D eigenvalue weighted by atomic mass is 9.98. The van der Waals surface area contributed by atoms with Crippen molar-refractivity contribution in [2.75, 3.05) is 26.7 Å². The van der Waals surface area contributed by atoms with Gasteiger partial charge in [0.1, 0.15) is 6.10 Å². The van der Waals surface area contributed by atoms with Crippen LogP contribution >= 0.6 is 0 Å². The van der Waals surface area contributed by atoms with Gasteiger partial charge < -0.3 is 19.7 Å². The van der Waals surface area contributed by atoms with E-state index in [4.69, 9.17) is 9.47 Å². The van der Waals surface area contributed by atoms with Gasteiger partial charge in [-0.05, 0) is 51.0 Å². The number of piperidine rings is 1. The van der Waals surface area contributed by atoms with Gasteiger partial charge in [0.25, 0.3) is 0 Å². The largest absolute Gasteiger partial charge is 0.474 e. The molecule has 1 aromatic heterocycles.